The highest BCUT2D eigenvalue weighted by atomic mass is 35.5. The predicted molar refractivity (Wildman–Crippen MR) is 98.9 cm³/mol. The molecule has 0 saturated heterocycles. The van der Waals surface area contributed by atoms with Gasteiger partial charge in [0.05, 0.1) is 15.6 Å². The summed E-state index contributed by atoms with van der Waals surface area (Å²) in [7, 11) is 0. The normalized spacial score (nSPS) is 12.6. The Morgan fingerprint density at radius 1 is 1.25 bits per heavy atom. The summed E-state index contributed by atoms with van der Waals surface area (Å²) in [5.41, 5.74) is -0.691. The quantitative estimate of drug-likeness (QED) is 0.533. The van der Waals surface area contributed by atoms with Crippen LogP contribution < -0.4 is 5.32 Å². The molecule has 5 nitrogen and oxygen atoms in total. The summed E-state index contributed by atoms with van der Waals surface area (Å²) < 4.78 is 42.9. The van der Waals surface area contributed by atoms with Crippen molar-refractivity contribution < 1.29 is 27.5 Å². The van der Waals surface area contributed by atoms with Crippen LogP contribution in [0, 0.1) is 0 Å². The van der Waals surface area contributed by atoms with Gasteiger partial charge in [0.1, 0.15) is 0 Å². The van der Waals surface area contributed by atoms with Crippen molar-refractivity contribution in [1.82, 2.24) is 4.98 Å². The average Bonchev–Trinajstić information content (AvgIpc) is 2.61. The van der Waals surface area contributed by atoms with Crippen molar-refractivity contribution >= 4 is 47.0 Å². The van der Waals surface area contributed by atoms with Crippen molar-refractivity contribution in [2.45, 2.75) is 19.2 Å². The topological polar surface area (TPSA) is 68.3 Å². The van der Waals surface area contributed by atoms with E-state index in [-0.39, 0.29) is 21.4 Å². The minimum atomic E-state index is -4.49. The van der Waals surface area contributed by atoms with Gasteiger partial charge in [0.15, 0.2) is 11.9 Å². The maximum Gasteiger partial charge on any atom is 0.416 e. The predicted octanol–water partition coefficient (Wildman–Crippen LogP) is 4.99. The zero-order valence-electron chi connectivity index (χ0n) is 14.3. The fourth-order valence-electron chi connectivity index (χ4n) is 1.97. The highest BCUT2D eigenvalue weighted by Gasteiger charge is 2.30. The van der Waals surface area contributed by atoms with Gasteiger partial charge in [-0.15, -0.1) is 0 Å². The number of carbonyl (C=O) groups is 2. The number of rotatable bonds is 5. The third-order valence-corrected chi connectivity index (χ3v) is 3.83. The fourth-order valence-corrected chi connectivity index (χ4v) is 2.40. The smallest absolute Gasteiger partial charge is 0.416 e. The monoisotopic (exact) mass is 432 g/mol. The van der Waals surface area contributed by atoms with Crippen molar-refractivity contribution in [3.8, 4) is 0 Å². The molecule has 2 aromatic rings. The van der Waals surface area contributed by atoms with Crippen LogP contribution in [0.2, 0.25) is 10.0 Å². The molecule has 0 saturated carbocycles. The van der Waals surface area contributed by atoms with Gasteiger partial charge in [-0.1, -0.05) is 35.3 Å². The summed E-state index contributed by atoms with van der Waals surface area (Å²) in [4.78, 5) is 27.7. The number of carbonyl (C=O) groups excluding carboxylic acids is 2. The fraction of sp³-hybridized carbons (Fsp3) is 0.167. The van der Waals surface area contributed by atoms with Gasteiger partial charge in [-0.05, 0) is 36.8 Å². The first kappa shape index (κ1) is 21.7. The number of pyridine rings is 1. The van der Waals surface area contributed by atoms with Gasteiger partial charge in [0.2, 0.25) is 0 Å². The number of amides is 1. The van der Waals surface area contributed by atoms with E-state index in [1.54, 1.807) is 0 Å². The van der Waals surface area contributed by atoms with E-state index < -0.39 is 29.7 Å². The molecule has 148 valence electrons. The second-order valence-corrected chi connectivity index (χ2v) is 6.35. The molecule has 1 aromatic carbocycles. The molecule has 1 atom stereocenters. The van der Waals surface area contributed by atoms with Gasteiger partial charge >= 0.3 is 12.1 Å². The Morgan fingerprint density at radius 3 is 2.61 bits per heavy atom. The molecule has 1 amide bonds. The molecule has 1 aromatic heterocycles. The summed E-state index contributed by atoms with van der Waals surface area (Å²) in [6.07, 6.45) is -2.34. The number of nitrogens with zero attached hydrogens (tertiary/aromatic N) is 1. The molecule has 28 heavy (non-hydrogen) atoms. The number of halogens is 5. The van der Waals surface area contributed by atoms with E-state index in [0.717, 1.165) is 24.3 Å². The van der Waals surface area contributed by atoms with Gasteiger partial charge in [-0.2, -0.15) is 13.2 Å². The second kappa shape index (κ2) is 9.07. The number of benzene rings is 1. The lowest BCUT2D eigenvalue weighted by Crippen LogP contribution is -2.29. The van der Waals surface area contributed by atoms with Crippen LogP contribution in [0.5, 0.6) is 0 Å². The summed E-state index contributed by atoms with van der Waals surface area (Å²) in [5.74, 6) is -1.56. The number of aromatic nitrogens is 1. The van der Waals surface area contributed by atoms with E-state index >= 15 is 0 Å². The zero-order valence-corrected chi connectivity index (χ0v) is 15.8. The summed E-state index contributed by atoms with van der Waals surface area (Å²) in [5, 5.41) is 2.75. The van der Waals surface area contributed by atoms with Crippen molar-refractivity contribution in [3.63, 3.8) is 0 Å². The molecule has 10 heteroatoms. The average molecular weight is 433 g/mol. The van der Waals surface area contributed by atoms with Gasteiger partial charge in [0, 0.05) is 12.3 Å². The van der Waals surface area contributed by atoms with Crippen LogP contribution in [-0.2, 0) is 20.5 Å². The lowest BCUT2D eigenvalue weighted by Gasteiger charge is -2.12. The first-order chi connectivity index (χ1) is 13.1. The summed E-state index contributed by atoms with van der Waals surface area (Å²) in [6, 6.07) is 5.78. The molecule has 0 bridgehead atoms. The Morgan fingerprint density at radius 2 is 1.96 bits per heavy atom. The molecular weight excluding hydrogens is 420 g/mol. The van der Waals surface area contributed by atoms with E-state index in [4.69, 9.17) is 27.9 Å². The lowest BCUT2D eigenvalue weighted by molar-refractivity contribution is -0.148. The molecule has 1 N–H and O–H groups in total. The number of esters is 1. The third-order valence-electron chi connectivity index (χ3n) is 3.34. The number of alkyl halides is 3. The zero-order chi connectivity index (χ0) is 20.9. The molecule has 0 spiro atoms. The number of hydrogen-bond donors (Lipinski definition) is 1. The first-order valence-corrected chi connectivity index (χ1v) is 8.49. The molecule has 0 aliphatic heterocycles. The van der Waals surface area contributed by atoms with Crippen LogP contribution in [0.3, 0.4) is 0 Å². The minimum Gasteiger partial charge on any atom is -0.449 e. The Labute approximate surface area is 168 Å². The molecule has 1 unspecified atom stereocenters. The number of hydrogen-bond acceptors (Lipinski definition) is 4. The Kier molecular flexibility index (Phi) is 7.04. The van der Waals surface area contributed by atoms with Crippen molar-refractivity contribution in [3.05, 3.63) is 63.8 Å². The SMILES string of the molecule is CC(OC(=O)C=Cc1cccc(C(F)(F)F)c1)C(=O)Nc1ncc(Cl)cc1Cl. The van der Waals surface area contributed by atoms with Crippen LogP contribution in [0.4, 0.5) is 19.0 Å². The maximum atomic E-state index is 12.7. The minimum absolute atomic E-state index is 0.0403. The molecule has 0 radical (unpaired) electrons. The third kappa shape index (κ3) is 6.24. The van der Waals surface area contributed by atoms with Crippen molar-refractivity contribution in [2.24, 2.45) is 0 Å². The van der Waals surface area contributed by atoms with Gasteiger partial charge in [0.25, 0.3) is 5.91 Å². The number of anilines is 1. The van der Waals surface area contributed by atoms with E-state index in [1.807, 2.05) is 0 Å². The molecule has 2 rings (SSSR count). The van der Waals surface area contributed by atoms with E-state index in [0.29, 0.717) is 0 Å². The number of nitrogens with one attached hydrogen (secondary N) is 1. The van der Waals surface area contributed by atoms with Crippen molar-refractivity contribution in [1.29, 1.82) is 0 Å². The number of ether oxygens (including phenoxy) is 1. The van der Waals surface area contributed by atoms with E-state index in [9.17, 15) is 22.8 Å². The van der Waals surface area contributed by atoms with Gasteiger partial charge in [-0.25, -0.2) is 9.78 Å². The van der Waals surface area contributed by atoms with Crippen LogP contribution >= 0.6 is 23.2 Å². The summed E-state index contributed by atoms with van der Waals surface area (Å²) in [6.45, 7) is 1.31. The Bertz CT molecular complexity index is 917. The second-order valence-electron chi connectivity index (χ2n) is 5.51. The van der Waals surface area contributed by atoms with Gasteiger partial charge < -0.3 is 10.1 Å². The largest absolute Gasteiger partial charge is 0.449 e. The molecule has 0 aliphatic carbocycles. The molecule has 0 fully saturated rings. The lowest BCUT2D eigenvalue weighted by atomic mass is 10.1. The van der Waals surface area contributed by atoms with Crippen LogP contribution in [-0.4, -0.2) is 23.0 Å². The molecule has 1 heterocycles. The highest BCUT2D eigenvalue weighted by Crippen LogP contribution is 2.29. The standard InChI is InChI=1S/C18H13Cl2F3N2O3/c1-10(17(27)25-16-14(20)8-13(19)9-24-16)28-15(26)6-5-11-3-2-4-12(7-11)18(21,22)23/h2-10H,1H3,(H,24,25,27). The van der Waals surface area contributed by atoms with E-state index in [1.165, 1.54) is 31.3 Å². The Hall–Kier alpha value is -2.58. The van der Waals surface area contributed by atoms with E-state index in [2.05, 4.69) is 10.3 Å². The van der Waals surface area contributed by atoms with Crippen LogP contribution in [0.15, 0.2) is 42.6 Å². The highest BCUT2D eigenvalue weighted by molar-refractivity contribution is 6.36. The van der Waals surface area contributed by atoms with Crippen LogP contribution in [0.1, 0.15) is 18.1 Å². The maximum absolute atomic E-state index is 12.7. The summed E-state index contributed by atoms with van der Waals surface area (Å²) >= 11 is 11.6. The van der Waals surface area contributed by atoms with Crippen LogP contribution in [0.25, 0.3) is 6.08 Å². The van der Waals surface area contributed by atoms with Crippen molar-refractivity contribution in [2.75, 3.05) is 5.32 Å². The molecule has 0 aliphatic rings. The first-order valence-electron chi connectivity index (χ1n) is 7.74. The van der Waals surface area contributed by atoms with Gasteiger partial charge in [-0.3, -0.25) is 4.79 Å². The Balaban J connectivity index is 1.96. The molecular formula is C18H13Cl2F3N2O3.